The molecule has 0 unspecified atom stereocenters. The van der Waals surface area contributed by atoms with Gasteiger partial charge in [0.15, 0.2) is 0 Å². The molecule has 1 aromatic carbocycles. The first-order valence-electron chi connectivity index (χ1n) is 9.09. The van der Waals surface area contributed by atoms with Crippen molar-refractivity contribution in [3.8, 4) is 10.6 Å². The van der Waals surface area contributed by atoms with Crippen LogP contribution in [0.25, 0.3) is 21.5 Å². The number of para-hydroxylation sites is 1. The van der Waals surface area contributed by atoms with E-state index in [1.54, 1.807) is 11.3 Å². The van der Waals surface area contributed by atoms with Crippen LogP contribution in [0, 0.1) is 6.92 Å². The van der Waals surface area contributed by atoms with Crippen LogP contribution in [0.2, 0.25) is 0 Å². The number of amides is 1. The highest BCUT2D eigenvalue weighted by Crippen LogP contribution is 2.31. The van der Waals surface area contributed by atoms with Crippen molar-refractivity contribution in [2.45, 2.75) is 20.4 Å². The Labute approximate surface area is 158 Å². The quantitative estimate of drug-likeness (QED) is 0.703. The zero-order valence-corrected chi connectivity index (χ0v) is 16.1. The number of hydrogen-bond donors (Lipinski definition) is 0. The van der Waals surface area contributed by atoms with Gasteiger partial charge in [0.2, 0.25) is 5.91 Å². The summed E-state index contributed by atoms with van der Waals surface area (Å²) in [6, 6.07) is 12.8. The molecule has 0 bridgehead atoms. The molecule has 0 N–H and O–H groups in total. The third kappa shape index (κ3) is 3.24. The van der Waals surface area contributed by atoms with Crippen LogP contribution in [0.3, 0.4) is 0 Å². The molecule has 0 atom stereocenters. The lowest BCUT2D eigenvalue weighted by molar-refractivity contribution is -0.135. The Morgan fingerprint density at radius 2 is 2.08 bits per heavy atom. The first kappa shape index (κ1) is 17.2. The van der Waals surface area contributed by atoms with E-state index in [2.05, 4.69) is 53.6 Å². The Hall–Kier alpha value is -2.24. The van der Waals surface area contributed by atoms with E-state index in [1.807, 2.05) is 11.8 Å². The molecule has 0 radical (unpaired) electrons. The number of hydrogen-bond acceptors (Lipinski definition) is 4. The molecule has 0 saturated carbocycles. The molecule has 5 heteroatoms. The summed E-state index contributed by atoms with van der Waals surface area (Å²) in [4.78, 5) is 22.6. The maximum Gasteiger partial charge on any atom is 0.236 e. The van der Waals surface area contributed by atoms with Gasteiger partial charge in [-0.1, -0.05) is 24.3 Å². The molecule has 3 heterocycles. The van der Waals surface area contributed by atoms with E-state index in [1.165, 1.54) is 21.4 Å². The average Bonchev–Trinajstić information content (AvgIpc) is 3.16. The molecule has 26 heavy (non-hydrogen) atoms. The average molecular weight is 366 g/mol. The van der Waals surface area contributed by atoms with Crippen LogP contribution in [-0.2, 0) is 11.3 Å². The number of nitrogens with zero attached hydrogens (tertiary/aromatic N) is 3. The molecule has 134 valence electrons. The highest BCUT2D eigenvalue weighted by atomic mass is 32.1. The first-order chi connectivity index (χ1) is 12.7. The highest BCUT2D eigenvalue weighted by molar-refractivity contribution is 7.13. The number of aromatic nitrogens is 1. The molecule has 1 aliphatic rings. The van der Waals surface area contributed by atoms with Crippen molar-refractivity contribution in [2.75, 3.05) is 26.2 Å². The molecule has 2 aromatic heterocycles. The van der Waals surface area contributed by atoms with Gasteiger partial charge in [0.1, 0.15) is 0 Å². The van der Waals surface area contributed by atoms with Crippen molar-refractivity contribution < 1.29 is 4.79 Å². The monoisotopic (exact) mass is 365 g/mol. The van der Waals surface area contributed by atoms with Crippen molar-refractivity contribution >= 4 is 28.1 Å². The molecule has 1 saturated heterocycles. The first-order valence-corrected chi connectivity index (χ1v) is 9.97. The third-order valence-electron chi connectivity index (χ3n) is 5.05. The van der Waals surface area contributed by atoms with Crippen LogP contribution in [-0.4, -0.2) is 46.9 Å². The van der Waals surface area contributed by atoms with Crippen LogP contribution < -0.4 is 0 Å². The Morgan fingerprint density at radius 3 is 2.81 bits per heavy atom. The largest absolute Gasteiger partial charge is 0.341 e. The summed E-state index contributed by atoms with van der Waals surface area (Å²) < 4.78 is 0. The number of aryl methyl sites for hydroxylation is 1. The molecule has 1 fully saturated rings. The molecular formula is C21H23N3OS. The number of carbonyl (C=O) groups excluding carboxylic acids is 1. The maximum absolute atomic E-state index is 12.3. The molecule has 4 nitrogen and oxygen atoms in total. The summed E-state index contributed by atoms with van der Waals surface area (Å²) in [5.74, 6) is 0.223. The van der Waals surface area contributed by atoms with Crippen molar-refractivity contribution in [1.29, 1.82) is 0 Å². The van der Waals surface area contributed by atoms with Gasteiger partial charge >= 0.3 is 0 Å². The highest BCUT2D eigenvalue weighted by Gasteiger charge is 2.24. The fourth-order valence-electron chi connectivity index (χ4n) is 3.61. The van der Waals surface area contributed by atoms with Crippen LogP contribution in [0.15, 0.2) is 41.8 Å². The summed E-state index contributed by atoms with van der Waals surface area (Å²) in [5.41, 5.74) is 4.50. The van der Waals surface area contributed by atoms with E-state index >= 15 is 0 Å². The van der Waals surface area contributed by atoms with Crippen molar-refractivity contribution in [3.05, 3.63) is 52.9 Å². The van der Waals surface area contributed by atoms with Crippen molar-refractivity contribution in [1.82, 2.24) is 14.8 Å². The molecule has 1 aliphatic heterocycles. The van der Waals surface area contributed by atoms with Crippen molar-refractivity contribution in [3.63, 3.8) is 0 Å². The zero-order chi connectivity index (χ0) is 18.1. The number of fused-ring (bicyclic) bond motifs is 1. The SMILES string of the molecule is CCN1CCN(Cc2cc3cccc(C)c3nc2-c2cccs2)CC1=O. The fraction of sp³-hybridized carbons (Fsp3) is 0.333. The van der Waals surface area contributed by atoms with Crippen LogP contribution in [0.5, 0.6) is 0 Å². The second-order valence-electron chi connectivity index (χ2n) is 6.80. The van der Waals surface area contributed by atoms with Crippen molar-refractivity contribution in [2.24, 2.45) is 0 Å². The Morgan fingerprint density at radius 1 is 1.19 bits per heavy atom. The number of thiophene rings is 1. The van der Waals surface area contributed by atoms with Gasteiger partial charge in [-0.15, -0.1) is 11.3 Å². The smallest absolute Gasteiger partial charge is 0.236 e. The lowest BCUT2D eigenvalue weighted by atomic mass is 10.0. The van der Waals surface area contributed by atoms with Crippen LogP contribution in [0.1, 0.15) is 18.1 Å². The summed E-state index contributed by atoms with van der Waals surface area (Å²) in [6.07, 6.45) is 0. The van der Waals surface area contributed by atoms with Gasteiger partial charge in [-0.2, -0.15) is 0 Å². The minimum Gasteiger partial charge on any atom is -0.341 e. The normalized spacial score (nSPS) is 15.8. The van der Waals surface area contributed by atoms with Gasteiger partial charge in [-0.25, -0.2) is 4.98 Å². The summed E-state index contributed by atoms with van der Waals surface area (Å²) in [6.45, 7) is 7.91. The van der Waals surface area contributed by atoms with E-state index in [0.29, 0.717) is 6.54 Å². The van der Waals surface area contributed by atoms with Gasteiger partial charge in [0.25, 0.3) is 0 Å². The third-order valence-corrected chi connectivity index (χ3v) is 5.93. The van der Waals surface area contributed by atoms with E-state index < -0.39 is 0 Å². The molecule has 0 aliphatic carbocycles. The predicted octanol–water partition coefficient (Wildman–Crippen LogP) is 3.94. The van der Waals surface area contributed by atoms with Gasteiger partial charge in [0, 0.05) is 31.6 Å². The number of piperazine rings is 1. The molecule has 3 aromatic rings. The number of benzene rings is 1. The van der Waals surface area contributed by atoms with Gasteiger partial charge in [-0.3, -0.25) is 9.69 Å². The fourth-order valence-corrected chi connectivity index (χ4v) is 4.35. The van der Waals surface area contributed by atoms with Gasteiger partial charge in [-0.05, 0) is 42.5 Å². The maximum atomic E-state index is 12.3. The van der Waals surface area contributed by atoms with E-state index in [4.69, 9.17) is 4.98 Å². The number of pyridine rings is 1. The number of carbonyl (C=O) groups is 1. The molecule has 1 amide bonds. The second-order valence-corrected chi connectivity index (χ2v) is 7.75. The topological polar surface area (TPSA) is 36.4 Å². The lowest BCUT2D eigenvalue weighted by Crippen LogP contribution is -2.49. The van der Waals surface area contributed by atoms with Gasteiger partial charge < -0.3 is 4.90 Å². The standard InChI is InChI=1S/C21H23N3OS/c1-3-24-10-9-23(14-19(24)25)13-17-12-16-7-4-6-15(2)20(16)22-21(17)18-8-5-11-26-18/h4-8,11-12H,3,9-10,13-14H2,1-2H3. The molecule has 4 rings (SSSR count). The van der Waals surface area contributed by atoms with Crippen LogP contribution in [0.4, 0.5) is 0 Å². The summed E-state index contributed by atoms with van der Waals surface area (Å²) in [7, 11) is 0. The zero-order valence-electron chi connectivity index (χ0n) is 15.2. The minimum absolute atomic E-state index is 0.223. The van der Waals surface area contributed by atoms with E-state index in [9.17, 15) is 4.79 Å². The van der Waals surface area contributed by atoms with Crippen LogP contribution >= 0.6 is 11.3 Å². The Bertz CT molecular complexity index is 936. The molecule has 0 spiro atoms. The second kappa shape index (κ2) is 7.17. The summed E-state index contributed by atoms with van der Waals surface area (Å²) >= 11 is 1.71. The summed E-state index contributed by atoms with van der Waals surface area (Å²) in [5, 5.41) is 3.26. The van der Waals surface area contributed by atoms with Gasteiger partial charge in [0.05, 0.1) is 22.6 Å². The number of rotatable bonds is 4. The Balaban J connectivity index is 1.72. The Kier molecular flexibility index (Phi) is 4.74. The number of likely N-dealkylation sites (N-methyl/N-ethyl adjacent to an activating group) is 1. The van der Waals surface area contributed by atoms with E-state index in [-0.39, 0.29) is 5.91 Å². The lowest BCUT2D eigenvalue weighted by Gasteiger charge is -2.33. The minimum atomic E-state index is 0.223. The predicted molar refractivity (Wildman–Crippen MR) is 107 cm³/mol. The molecular weight excluding hydrogens is 342 g/mol. The van der Waals surface area contributed by atoms with E-state index in [0.717, 1.165) is 37.4 Å².